The molecule has 3 atom stereocenters. The topological polar surface area (TPSA) is 362 Å². The number of hydrogen-bond donors (Lipinski definition) is 6. The van der Waals surface area contributed by atoms with E-state index in [4.69, 9.17) is 71.4 Å². The SMILES string of the molecule is CC1C(C)C(C)C(C)C1C.CC1C(C)C(C)C(C)C1C.CC1C(C)C(C)C(C)C1C.N[C@@H](Cc1ccccc1)C(=O)O.N[C@@H](Cc1ccccc1)C(=O)O.N[C@@H](Cc1ccccc1)C(=O)O.O=S(=O)([O-])C(F)(F)F.O=S(=O)([O-])C(F)(F)F.O=S(=O)([O-])C(F)(F)F.[Rh+2].[Rh+2].[Rh+2]. The van der Waals surface area contributed by atoms with Crippen molar-refractivity contribution in [1.29, 1.82) is 0 Å². The number of halogens is 9. The maximum Gasteiger partial charge on any atom is 2.00 e. The Morgan fingerprint density at radius 2 is 0.430 bits per heavy atom. The number of carboxylic acid groups (broad SMARTS) is 3. The molecule has 9 N–H and O–H groups in total. The summed E-state index contributed by atoms with van der Waals surface area (Å²) in [5.41, 5.74) is 1.96. The van der Waals surface area contributed by atoms with E-state index in [9.17, 15) is 53.9 Å². The largest absolute Gasteiger partial charge is 2.00 e. The molecule has 3 radical (unpaired) electrons. The Bertz CT molecular complexity index is 2460. The minimum absolute atomic E-state index is 0. The number of nitrogens with two attached hydrogens (primary N) is 3. The average molecular weight is 1670 g/mol. The van der Waals surface area contributed by atoms with Gasteiger partial charge in [-0.15, -0.1) is 0 Å². The van der Waals surface area contributed by atoms with Crippen molar-refractivity contribution in [3.05, 3.63) is 108 Å². The summed E-state index contributed by atoms with van der Waals surface area (Å²) in [6, 6.07) is 25.6. The standard InChI is InChI=1S/3C10H20.3C9H11NO2.3CHF3O3S.3Rh/c3*1-6-7(2)9(4)10(5)8(6)3;3*10-8(9(11)12)6-7-4-2-1-3-5-7;3*2-1(3,4)8(5,6)7;;;/h3*6-10H,1-5H3;3*1-5,8H,6,10H2,(H,11,12);3*(H,5,6,7);;;/q;;;;;;;;;3*+2/p-3/t;;;3*8-;;;;;;/m...000....../s1. The van der Waals surface area contributed by atoms with Crippen LogP contribution in [-0.4, -0.2) is 107 Å². The Balaban J connectivity index is -0.000000229. The summed E-state index contributed by atoms with van der Waals surface area (Å²) in [6.45, 7) is 36.0. The summed E-state index contributed by atoms with van der Waals surface area (Å²) in [7, 11) is -18.3. The van der Waals surface area contributed by atoms with Crippen LogP contribution >= 0.6 is 0 Å². The second kappa shape index (κ2) is 45.5. The van der Waals surface area contributed by atoms with Gasteiger partial charge in [0.05, 0.1) is 0 Å². The van der Waals surface area contributed by atoms with Gasteiger partial charge >= 0.3 is 92.9 Å². The fraction of sp³-hybridized carbons (Fsp3) is 0.650. The molecule has 6 rings (SSSR count). The second-order valence-corrected chi connectivity index (χ2v) is 27.6. The van der Waals surface area contributed by atoms with Crippen molar-refractivity contribution in [2.75, 3.05) is 0 Å². The van der Waals surface area contributed by atoms with Crippen molar-refractivity contribution >= 4 is 48.3 Å². The number of carbonyl (C=O) groups is 3. The first kappa shape index (κ1) is 101. The molecule has 0 heterocycles. The van der Waals surface area contributed by atoms with Crippen molar-refractivity contribution in [2.24, 2.45) is 106 Å². The van der Waals surface area contributed by atoms with E-state index >= 15 is 0 Å². The Kier molecular flexibility index (Phi) is 49.4. The minimum Gasteiger partial charge on any atom is -0.741 e. The van der Waals surface area contributed by atoms with E-state index < -0.39 is 82.9 Å². The molecule has 0 bridgehead atoms. The van der Waals surface area contributed by atoms with E-state index in [1.807, 2.05) is 91.0 Å². The van der Waals surface area contributed by atoms with Crippen LogP contribution in [0.3, 0.4) is 0 Å². The number of rotatable bonds is 9. The molecular weight excluding hydrogens is 1580 g/mol. The van der Waals surface area contributed by atoms with Gasteiger partial charge in [0.2, 0.25) is 0 Å². The van der Waals surface area contributed by atoms with Gasteiger partial charge in [0.1, 0.15) is 18.1 Å². The van der Waals surface area contributed by atoms with Crippen molar-refractivity contribution in [3.63, 3.8) is 0 Å². The van der Waals surface area contributed by atoms with Crippen molar-refractivity contribution in [3.8, 4) is 0 Å². The van der Waals surface area contributed by atoms with Crippen LogP contribution in [0.15, 0.2) is 91.0 Å². The molecule has 0 unspecified atom stereocenters. The molecule has 33 heteroatoms. The third kappa shape index (κ3) is 38.6. The van der Waals surface area contributed by atoms with Gasteiger partial charge in [0, 0.05) is 0 Å². The molecule has 0 aliphatic heterocycles. The predicted octanol–water partition coefficient (Wildman–Crippen LogP) is 11.6. The molecule has 3 aromatic rings. The predicted molar refractivity (Wildman–Crippen MR) is 322 cm³/mol. The third-order valence-electron chi connectivity index (χ3n) is 18.1. The van der Waals surface area contributed by atoms with Crippen LogP contribution in [0.1, 0.15) is 121 Å². The summed E-state index contributed by atoms with van der Waals surface area (Å²) >= 11 is 0. The van der Waals surface area contributed by atoms with Gasteiger partial charge in [-0.25, -0.2) is 25.3 Å². The Labute approximate surface area is 582 Å². The summed E-state index contributed by atoms with van der Waals surface area (Å²) in [4.78, 5) is 31.1. The fourth-order valence-corrected chi connectivity index (χ4v) is 10.0. The smallest absolute Gasteiger partial charge is 0.741 e. The number of hydrogen-bond acceptors (Lipinski definition) is 15. The zero-order valence-corrected chi connectivity index (χ0v) is 61.6. The van der Waals surface area contributed by atoms with Crippen LogP contribution in [0.4, 0.5) is 39.5 Å². The molecule has 0 aromatic heterocycles. The monoisotopic (exact) mass is 1670 g/mol. The van der Waals surface area contributed by atoms with Crippen LogP contribution in [0, 0.1) is 88.8 Å². The number of carboxylic acids is 3. The van der Waals surface area contributed by atoms with E-state index in [-0.39, 0.29) is 58.4 Å². The first-order chi connectivity index (χ1) is 40.5. The normalized spacial score (nSPS) is 26.3. The van der Waals surface area contributed by atoms with Crippen molar-refractivity contribution in [2.45, 2.75) is 158 Å². The minimum atomic E-state index is -6.09. The number of aliphatic carboxylic acids is 3. The Morgan fingerprint density at radius 1 is 0.333 bits per heavy atom. The first-order valence-corrected chi connectivity index (χ1v) is 32.9. The van der Waals surface area contributed by atoms with Crippen molar-refractivity contribution in [1.82, 2.24) is 0 Å². The van der Waals surface area contributed by atoms with Gasteiger partial charge in [-0.05, 0) is 125 Å². The summed E-state index contributed by atoms with van der Waals surface area (Å²) in [5, 5.41) is 25.6. The maximum absolute atomic E-state index is 10.7. The third-order valence-corrected chi connectivity index (χ3v) is 19.8. The van der Waals surface area contributed by atoms with Crippen LogP contribution < -0.4 is 17.2 Å². The maximum atomic E-state index is 10.7. The van der Waals surface area contributed by atoms with Gasteiger partial charge < -0.3 is 46.2 Å². The molecule has 3 aliphatic carbocycles. The van der Waals surface area contributed by atoms with Gasteiger partial charge in [-0.3, -0.25) is 14.4 Å². The van der Waals surface area contributed by atoms with Crippen LogP contribution in [0.5, 0.6) is 0 Å². The molecule has 18 nitrogen and oxygen atoms in total. The Hall–Kier alpha value is -3.08. The molecule has 3 saturated carbocycles. The molecular formula is C60H93F9N3O15Rh3S3+3. The van der Waals surface area contributed by atoms with E-state index in [1.54, 1.807) is 0 Å². The molecule has 3 fully saturated rings. The molecule has 3 aromatic carbocycles. The van der Waals surface area contributed by atoms with Crippen LogP contribution in [0.25, 0.3) is 0 Å². The van der Waals surface area contributed by atoms with Gasteiger partial charge in [0.15, 0.2) is 30.4 Å². The molecule has 0 amide bonds. The zero-order chi connectivity index (χ0) is 71.6. The van der Waals surface area contributed by atoms with E-state index in [0.717, 1.165) is 105 Å². The second-order valence-electron chi connectivity index (χ2n) is 23.5. The van der Waals surface area contributed by atoms with E-state index in [0.29, 0.717) is 19.3 Å². The molecule has 543 valence electrons. The van der Waals surface area contributed by atoms with Crippen molar-refractivity contribution < 1.29 is 167 Å². The average Bonchev–Trinajstić information content (AvgIpc) is 1.73. The molecule has 0 spiro atoms. The summed E-state index contributed by atoms with van der Waals surface area (Å²) in [6.07, 6.45) is 1.16. The van der Waals surface area contributed by atoms with Crippen LogP contribution in [0.2, 0.25) is 0 Å². The van der Waals surface area contributed by atoms with E-state index in [2.05, 4.69) is 104 Å². The van der Waals surface area contributed by atoms with Gasteiger partial charge in [0.25, 0.3) is 0 Å². The molecule has 93 heavy (non-hydrogen) atoms. The summed E-state index contributed by atoms with van der Waals surface area (Å²) in [5.74, 6) is 11.1. The molecule has 0 saturated heterocycles. The first-order valence-electron chi connectivity index (χ1n) is 28.6. The zero-order valence-electron chi connectivity index (χ0n) is 54.3. The summed E-state index contributed by atoms with van der Waals surface area (Å²) < 4.78 is 177. The number of benzene rings is 3. The fourth-order valence-electron chi connectivity index (χ4n) is 10.0. The van der Waals surface area contributed by atoms with E-state index in [1.165, 1.54) is 0 Å². The quantitative estimate of drug-likeness (QED) is 0.0501. The van der Waals surface area contributed by atoms with Gasteiger partial charge in [-0.1, -0.05) is 195 Å². The molecule has 3 aliphatic rings. The van der Waals surface area contributed by atoms with Crippen LogP contribution in [-0.2, 0) is 122 Å². The number of alkyl halides is 9. The Morgan fingerprint density at radius 3 is 0.505 bits per heavy atom. The van der Waals surface area contributed by atoms with Gasteiger partial charge in [-0.2, -0.15) is 39.5 Å².